The molecule has 2 aliphatic heterocycles. The van der Waals surface area contributed by atoms with Crippen molar-refractivity contribution in [2.75, 3.05) is 20.1 Å². The topological polar surface area (TPSA) is 134 Å². The molecule has 12 nitrogen and oxygen atoms in total. The molecule has 13 heteroatoms. The Morgan fingerprint density at radius 2 is 1.97 bits per heavy atom. The van der Waals surface area contributed by atoms with Gasteiger partial charge >= 0.3 is 12.1 Å². The zero-order valence-electron chi connectivity index (χ0n) is 22.8. The highest BCUT2D eigenvalue weighted by molar-refractivity contribution is 6.74. The van der Waals surface area contributed by atoms with Gasteiger partial charge in [0, 0.05) is 19.2 Å². The van der Waals surface area contributed by atoms with Crippen LogP contribution >= 0.6 is 0 Å². The molecule has 2 aromatic rings. The summed E-state index contributed by atoms with van der Waals surface area (Å²) in [5.74, 6) is 0.473. The lowest BCUT2D eigenvalue weighted by molar-refractivity contribution is -0.141. The molecule has 0 radical (unpaired) electrons. The minimum atomic E-state index is -2.20. The van der Waals surface area contributed by atoms with Gasteiger partial charge in [0.15, 0.2) is 0 Å². The summed E-state index contributed by atoms with van der Waals surface area (Å²) in [6.45, 7) is 11.8. The Morgan fingerprint density at radius 3 is 2.61 bits per heavy atom. The predicted molar refractivity (Wildman–Crippen MR) is 144 cm³/mol. The number of aliphatic imine (C=N–C) groups is 1. The molecule has 2 bridgehead atoms. The van der Waals surface area contributed by atoms with Crippen LogP contribution in [0.25, 0.3) is 0 Å². The first-order chi connectivity index (χ1) is 17.9. The Labute approximate surface area is 223 Å². The number of carbonyl (C=O) groups excluding carboxylic acids is 1. The van der Waals surface area contributed by atoms with Gasteiger partial charge < -0.3 is 19.8 Å². The van der Waals surface area contributed by atoms with Crippen LogP contribution in [0.5, 0.6) is 0 Å². The second-order valence-electron chi connectivity index (χ2n) is 11.0. The van der Waals surface area contributed by atoms with Crippen molar-refractivity contribution in [3.05, 3.63) is 53.3 Å². The van der Waals surface area contributed by atoms with E-state index in [1.807, 2.05) is 30.3 Å². The van der Waals surface area contributed by atoms with Gasteiger partial charge in [0.25, 0.3) is 0 Å². The van der Waals surface area contributed by atoms with Gasteiger partial charge in [0.1, 0.15) is 24.5 Å². The van der Waals surface area contributed by atoms with Crippen molar-refractivity contribution >= 4 is 26.3 Å². The molecule has 1 aromatic carbocycles. The molecule has 4 rings (SSSR count). The SMILES string of the molecule is CN=C(NO[Si](C)(C)C(C)(C)C)[C@@H]1c2c(cnn2CCNC(=O)O)[C@@H]2CN1C(=O)N2OCc1ccccc1. The summed E-state index contributed by atoms with van der Waals surface area (Å²) < 4.78 is 8.00. The van der Waals surface area contributed by atoms with E-state index in [0.29, 0.717) is 12.4 Å². The number of hydroxylamine groups is 3. The maximum atomic E-state index is 13.7. The second kappa shape index (κ2) is 10.7. The van der Waals surface area contributed by atoms with Gasteiger partial charge in [-0.2, -0.15) is 10.2 Å². The van der Waals surface area contributed by atoms with Crippen LogP contribution in [-0.2, 0) is 22.5 Å². The van der Waals surface area contributed by atoms with Crippen molar-refractivity contribution in [3.8, 4) is 0 Å². The number of nitrogens with zero attached hydrogens (tertiary/aromatic N) is 5. The molecule has 3 heterocycles. The second-order valence-corrected chi connectivity index (χ2v) is 15.7. The molecule has 1 aromatic heterocycles. The Bertz CT molecular complexity index is 1190. The number of amidine groups is 1. The first kappa shape index (κ1) is 27.6. The van der Waals surface area contributed by atoms with E-state index in [2.05, 4.69) is 54.8 Å². The van der Waals surface area contributed by atoms with Crippen LogP contribution in [0.2, 0.25) is 18.1 Å². The molecule has 3 N–H and O–H groups in total. The predicted octanol–water partition coefficient (Wildman–Crippen LogP) is 3.67. The molecule has 0 saturated carbocycles. The lowest BCUT2D eigenvalue weighted by Crippen LogP contribution is -2.50. The molecule has 2 aliphatic rings. The molecule has 1 saturated heterocycles. The summed E-state index contributed by atoms with van der Waals surface area (Å²) in [4.78, 5) is 36.9. The van der Waals surface area contributed by atoms with Gasteiger partial charge in [0.2, 0.25) is 8.32 Å². The van der Waals surface area contributed by atoms with E-state index in [-0.39, 0.29) is 36.8 Å². The highest BCUT2D eigenvalue weighted by Crippen LogP contribution is 2.44. The number of hydrogen-bond donors (Lipinski definition) is 3. The van der Waals surface area contributed by atoms with Crippen molar-refractivity contribution < 1.29 is 24.1 Å². The number of hydrogen-bond acceptors (Lipinski definition) is 6. The summed E-state index contributed by atoms with van der Waals surface area (Å²) in [5.41, 5.74) is 5.63. The minimum absolute atomic E-state index is 0.0442. The van der Waals surface area contributed by atoms with Crippen LogP contribution in [0, 0.1) is 0 Å². The van der Waals surface area contributed by atoms with Gasteiger partial charge in [-0.1, -0.05) is 51.1 Å². The Balaban J connectivity index is 1.65. The number of carbonyl (C=O) groups is 2. The maximum Gasteiger partial charge on any atom is 0.404 e. The van der Waals surface area contributed by atoms with Crippen LogP contribution in [-0.4, -0.2) is 71.3 Å². The molecule has 38 heavy (non-hydrogen) atoms. The smallest absolute Gasteiger partial charge is 0.404 e. The molecule has 0 aliphatic carbocycles. The molecule has 2 atom stereocenters. The van der Waals surface area contributed by atoms with E-state index >= 15 is 0 Å². The summed E-state index contributed by atoms with van der Waals surface area (Å²) in [5, 5.41) is 17.3. The Hall–Kier alpha value is -3.42. The zero-order valence-corrected chi connectivity index (χ0v) is 23.8. The van der Waals surface area contributed by atoms with Crippen molar-refractivity contribution in [2.45, 2.75) is 64.1 Å². The summed E-state index contributed by atoms with van der Waals surface area (Å²) >= 11 is 0. The third-order valence-corrected chi connectivity index (χ3v) is 11.7. The van der Waals surface area contributed by atoms with E-state index in [0.717, 1.165) is 16.8 Å². The molecular formula is C25H37N7O5Si. The van der Waals surface area contributed by atoms with E-state index in [9.17, 15) is 9.59 Å². The number of amides is 3. The van der Waals surface area contributed by atoms with Crippen molar-refractivity contribution in [1.82, 2.24) is 30.5 Å². The first-order valence-corrected chi connectivity index (χ1v) is 15.5. The number of carboxylic acid groups (broad SMARTS) is 1. The van der Waals surface area contributed by atoms with Gasteiger partial charge in [0.05, 0.1) is 25.0 Å². The zero-order chi connectivity index (χ0) is 27.7. The van der Waals surface area contributed by atoms with Gasteiger partial charge in [-0.3, -0.25) is 20.0 Å². The fourth-order valence-corrected chi connectivity index (χ4v) is 4.96. The Kier molecular flexibility index (Phi) is 7.81. The van der Waals surface area contributed by atoms with Crippen LogP contribution in [0.15, 0.2) is 41.5 Å². The fraction of sp³-hybridized carbons (Fsp3) is 0.520. The average molecular weight is 544 g/mol. The number of nitrogens with one attached hydrogen (secondary N) is 2. The molecule has 1 fully saturated rings. The van der Waals surface area contributed by atoms with Gasteiger partial charge in [-0.05, 0) is 23.7 Å². The van der Waals surface area contributed by atoms with Crippen molar-refractivity contribution in [3.63, 3.8) is 0 Å². The number of rotatable bonds is 9. The highest BCUT2D eigenvalue weighted by atomic mass is 28.4. The van der Waals surface area contributed by atoms with Gasteiger partial charge in [-0.25, -0.2) is 9.59 Å². The van der Waals surface area contributed by atoms with E-state index in [1.54, 1.807) is 22.8 Å². The molecule has 3 amide bonds. The summed E-state index contributed by atoms with van der Waals surface area (Å²) in [7, 11) is -0.548. The summed E-state index contributed by atoms with van der Waals surface area (Å²) in [6, 6.07) is 8.41. The van der Waals surface area contributed by atoms with Crippen LogP contribution in [0.3, 0.4) is 0 Å². The molecular weight excluding hydrogens is 506 g/mol. The Morgan fingerprint density at radius 1 is 1.26 bits per heavy atom. The fourth-order valence-electron chi connectivity index (χ4n) is 4.30. The van der Waals surface area contributed by atoms with Crippen LogP contribution in [0.4, 0.5) is 9.59 Å². The maximum absolute atomic E-state index is 13.7. The van der Waals surface area contributed by atoms with E-state index in [4.69, 9.17) is 14.5 Å². The summed E-state index contributed by atoms with van der Waals surface area (Å²) in [6.07, 6.45) is 0.618. The third kappa shape index (κ3) is 5.40. The first-order valence-electron chi connectivity index (χ1n) is 12.6. The highest BCUT2D eigenvalue weighted by Gasteiger charge is 2.52. The number of urea groups is 1. The minimum Gasteiger partial charge on any atom is -0.465 e. The van der Waals surface area contributed by atoms with Crippen LogP contribution < -0.4 is 10.8 Å². The average Bonchev–Trinajstić information content (AvgIpc) is 3.39. The van der Waals surface area contributed by atoms with Crippen molar-refractivity contribution in [1.29, 1.82) is 0 Å². The largest absolute Gasteiger partial charge is 0.465 e. The quantitative estimate of drug-likeness (QED) is 0.190. The van der Waals surface area contributed by atoms with E-state index < -0.39 is 20.5 Å². The number of aromatic nitrogens is 2. The molecule has 0 unspecified atom stereocenters. The normalized spacial score (nSPS) is 19.5. The van der Waals surface area contributed by atoms with E-state index in [1.165, 1.54) is 5.06 Å². The standard InChI is InChI=1S/C25H37N7O5Si/c1-25(2,3)38(5,6)37-29-22(26-4)21-20-18(14-28-31(20)13-12-27-23(33)34)19-15-30(21)24(35)32(19)36-16-17-10-8-7-9-11-17/h7-11,14,19,21,27H,12-13,15-16H2,1-6H3,(H,26,29)(H,33,34)/t19-,21-/m0/s1. The number of fused-ring (bicyclic) bond motifs is 4. The van der Waals surface area contributed by atoms with Crippen LogP contribution in [0.1, 0.15) is 49.7 Å². The third-order valence-electron chi connectivity index (χ3n) is 7.46. The monoisotopic (exact) mass is 543 g/mol. The van der Waals surface area contributed by atoms with Crippen molar-refractivity contribution in [2.24, 2.45) is 4.99 Å². The molecule has 206 valence electrons. The number of benzene rings is 1. The molecule has 0 spiro atoms. The van der Waals surface area contributed by atoms with Gasteiger partial charge in [-0.15, -0.1) is 0 Å². The lowest BCUT2D eigenvalue weighted by Gasteiger charge is -2.38. The lowest BCUT2D eigenvalue weighted by atomic mass is 9.97.